The first-order valence-corrected chi connectivity index (χ1v) is 9.78. The van der Waals surface area contributed by atoms with Gasteiger partial charge in [-0.15, -0.1) is 16.9 Å². The molecule has 0 aliphatic rings. The maximum absolute atomic E-state index is 12.6. The second-order valence-corrected chi connectivity index (χ2v) is 7.00. The van der Waals surface area contributed by atoms with Crippen molar-refractivity contribution in [2.75, 3.05) is 11.6 Å². The summed E-state index contributed by atoms with van der Waals surface area (Å²) in [4.78, 5) is 13.7. The number of thioether (sulfide) groups is 1. The summed E-state index contributed by atoms with van der Waals surface area (Å²) in [6, 6.07) is 23.4. The van der Waals surface area contributed by atoms with E-state index in [2.05, 4.69) is 27.8 Å². The molecule has 0 saturated heterocycles. The minimum atomic E-state index is -0.159. The van der Waals surface area contributed by atoms with Gasteiger partial charge >= 0.3 is 0 Å². The van der Waals surface area contributed by atoms with E-state index in [-0.39, 0.29) is 5.91 Å². The highest BCUT2D eigenvalue weighted by Gasteiger charge is 2.11. The maximum atomic E-state index is 12.6. The zero-order valence-electron chi connectivity index (χ0n) is 14.8. The smallest absolute Gasteiger partial charge is 0.255 e. The van der Waals surface area contributed by atoms with Crippen molar-refractivity contribution in [3.63, 3.8) is 0 Å². The molecule has 1 heterocycles. The van der Waals surface area contributed by atoms with Crippen LogP contribution in [0.1, 0.15) is 15.9 Å². The molecule has 3 aromatic carbocycles. The van der Waals surface area contributed by atoms with Crippen LogP contribution >= 0.6 is 11.8 Å². The first-order chi connectivity index (χ1) is 13.2. The second kappa shape index (κ2) is 7.63. The predicted octanol–water partition coefficient (Wildman–Crippen LogP) is 4.45. The van der Waals surface area contributed by atoms with Crippen LogP contribution in [0.5, 0.6) is 0 Å². The number of hydrogen-bond donors (Lipinski definition) is 1. The largest absolute Gasteiger partial charge is 0.322 e. The first-order valence-electron chi connectivity index (χ1n) is 8.55. The van der Waals surface area contributed by atoms with E-state index in [4.69, 9.17) is 0 Å². The molecule has 0 fully saturated rings. The molecular weight excluding hydrogens is 356 g/mol. The van der Waals surface area contributed by atoms with Gasteiger partial charge in [-0.3, -0.25) is 4.79 Å². The van der Waals surface area contributed by atoms with E-state index in [9.17, 15) is 4.79 Å². The second-order valence-electron chi connectivity index (χ2n) is 6.12. The minimum absolute atomic E-state index is 0.159. The molecule has 0 saturated carbocycles. The van der Waals surface area contributed by atoms with Gasteiger partial charge in [0.1, 0.15) is 5.52 Å². The number of benzene rings is 3. The molecule has 0 radical (unpaired) electrons. The standard InChI is InChI=1S/C21H18N4OS/c1-27-18-9-5-8-17(13-18)22-21(26)16-10-11-20-19(12-16)23-24-25(20)14-15-6-3-2-4-7-15/h2-13H,14H2,1H3,(H,22,26). The lowest BCUT2D eigenvalue weighted by Crippen LogP contribution is -2.11. The van der Waals surface area contributed by atoms with Gasteiger partial charge in [0.05, 0.1) is 12.1 Å². The quantitative estimate of drug-likeness (QED) is 0.524. The van der Waals surface area contributed by atoms with Crippen molar-refractivity contribution in [2.45, 2.75) is 11.4 Å². The lowest BCUT2D eigenvalue weighted by atomic mass is 10.1. The zero-order chi connectivity index (χ0) is 18.6. The Morgan fingerprint density at radius 3 is 2.70 bits per heavy atom. The van der Waals surface area contributed by atoms with Gasteiger partial charge in [-0.05, 0) is 48.2 Å². The van der Waals surface area contributed by atoms with E-state index < -0.39 is 0 Å². The summed E-state index contributed by atoms with van der Waals surface area (Å²) >= 11 is 1.64. The Labute approximate surface area is 161 Å². The van der Waals surface area contributed by atoms with Gasteiger partial charge in [0.2, 0.25) is 0 Å². The van der Waals surface area contributed by atoms with E-state index in [1.165, 1.54) is 0 Å². The van der Waals surface area contributed by atoms with Gasteiger partial charge in [0.15, 0.2) is 0 Å². The Bertz CT molecular complexity index is 1090. The highest BCUT2D eigenvalue weighted by Crippen LogP contribution is 2.20. The van der Waals surface area contributed by atoms with Gasteiger partial charge in [0, 0.05) is 16.1 Å². The Hall–Kier alpha value is -3.12. The van der Waals surface area contributed by atoms with Crippen molar-refractivity contribution < 1.29 is 4.79 Å². The third kappa shape index (κ3) is 3.85. The van der Waals surface area contributed by atoms with Gasteiger partial charge < -0.3 is 5.32 Å². The number of nitrogens with zero attached hydrogens (tertiary/aromatic N) is 3. The molecule has 134 valence electrons. The van der Waals surface area contributed by atoms with E-state index in [1.807, 2.05) is 59.5 Å². The number of amides is 1. The SMILES string of the molecule is CSc1cccc(NC(=O)c2ccc3c(c2)nnn3Cc2ccccc2)c1. The summed E-state index contributed by atoms with van der Waals surface area (Å²) in [6.45, 7) is 0.643. The van der Waals surface area contributed by atoms with Gasteiger partial charge in [-0.25, -0.2) is 4.68 Å². The van der Waals surface area contributed by atoms with Gasteiger partial charge in [-0.2, -0.15) is 0 Å². The Kier molecular flexibility index (Phi) is 4.89. The lowest BCUT2D eigenvalue weighted by Gasteiger charge is -2.07. The van der Waals surface area contributed by atoms with Gasteiger partial charge in [-0.1, -0.05) is 41.6 Å². The van der Waals surface area contributed by atoms with Crippen molar-refractivity contribution >= 4 is 34.4 Å². The number of anilines is 1. The first kappa shape index (κ1) is 17.3. The molecular formula is C21H18N4OS. The van der Waals surface area contributed by atoms with Crippen LogP contribution in [0.15, 0.2) is 77.7 Å². The molecule has 6 heteroatoms. The fraction of sp³-hybridized carbons (Fsp3) is 0.0952. The van der Waals surface area contributed by atoms with Crippen LogP contribution in [-0.4, -0.2) is 27.2 Å². The van der Waals surface area contributed by atoms with E-state index in [1.54, 1.807) is 23.9 Å². The third-order valence-corrected chi connectivity index (χ3v) is 5.00. The van der Waals surface area contributed by atoms with Crippen LogP contribution < -0.4 is 5.32 Å². The predicted molar refractivity (Wildman–Crippen MR) is 109 cm³/mol. The lowest BCUT2D eigenvalue weighted by molar-refractivity contribution is 0.102. The van der Waals surface area contributed by atoms with Crippen molar-refractivity contribution in [3.05, 3.63) is 83.9 Å². The number of aromatic nitrogens is 3. The van der Waals surface area contributed by atoms with Crippen LogP contribution in [0.3, 0.4) is 0 Å². The summed E-state index contributed by atoms with van der Waals surface area (Å²) in [5.74, 6) is -0.159. The van der Waals surface area contributed by atoms with Gasteiger partial charge in [0.25, 0.3) is 5.91 Å². The topological polar surface area (TPSA) is 59.8 Å². The molecule has 1 amide bonds. The molecule has 0 spiro atoms. The normalized spacial score (nSPS) is 10.9. The number of carbonyl (C=O) groups excluding carboxylic acids is 1. The minimum Gasteiger partial charge on any atom is -0.322 e. The summed E-state index contributed by atoms with van der Waals surface area (Å²) < 4.78 is 1.84. The summed E-state index contributed by atoms with van der Waals surface area (Å²) in [5, 5.41) is 11.4. The summed E-state index contributed by atoms with van der Waals surface area (Å²) in [6.07, 6.45) is 2.01. The molecule has 1 aromatic heterocycles. The maximum Gasteiger partial charge on any atom is 0.255 e. The fourth-order valence-electron chi connectivity index (χ4n) is 2.89. The molecule has 4 aromatic rings. The molecule has 1 N–H and O–H groups in total. The molecule has 0 atom stereocenters. The molecule has 5 nitrogen and oxygen atoms in total. The van der Waals surface area contributed by atoms with Crippen molar-refractivity contribution in [1.29, 1.82) is 0 Å². The van der Waals surface area contributed by atoms with Crippen LogP contribution in [0.4, 0.5) is 5.69 Å². The average molecular weight is 374 g/mol. The molecule has 0 aliphatic heterocycles. The monoisotopic (exact) mass is 374 g/mol. The van der Waals surface area contributed by atoms with E-state index in [0.29, 0.717) is 17.6 Å². The Morgan fingerprint density at radius 1 is 1.04 bits per heavy atom. The van der Waals surface area contributed by atoms with E-state index >= 15 is 0 Å². The number of hydrogen-bond acceptors (Lipinski definition) is 4. The van der Waals surface area contributed by atoms with Crippen molar-refractivity contribution in [1.82, 2.24) is 15.0 Å². The highest BCUT2D eigenvalue weighted by atomic mass is 32.2. The number of nitrogens with one attached hydrogen (secondary N) is 1. The van der Waals surface area contributed by atoms with Crippen LogP contribution in [-0.2, 0) is 6.54 Å². The van der Waals surface area contributed by atoms with E-state index in [0.717, 1.165) is 21.7 Å². The van der Waals surface area contributed by atoms with Crippen molar-refractivity contribution in [3.8, 4) is 0 Å². The highest BCUT2D eigenvalue weighted by molar-refractivity contribution is 7.98. The fourth-order valence-corrected chi connectivity index (χ4v) is 3.35. The zero-order valence-corrected chi connectivity index (χ0v) is 15.6. The third-order valence-electron chi connectivity index (χ3n) is 4.28. The molecule has 0 bridgehead atoms. The molecule has 0 aliphatic carbocycles. The number of fused-ring (bicyclic) bond motifs is 1. The van der Waals surface area contributed by atoms with Crippen LogP contribution in [0, 0.1) is 0 Å². The Morgan fingerprint density at radius 2 is 1.89 bits per heavy atom. The van der Waals surface area contributed by atoms with Crippen LogP contribution in [0.25, 0.3) is 11.0 Å². The molecule has 4 rings (SSSR count). The van der Waals surface area contributed by atoms with Crippen molar-refractivity contribution in [2.24, 2.45) is 0 Å². The summed E-state index contributed by atoms with van der Waals surface area (Å²) in [5.41, 5.74) is 4.10. The number of rotatable bonds is 5. The molecule has 0 unspecified atom stereocenters. The van der Waals surface area contributed by atoms with Crippen LogP contribution in [0.2, 0.25) is 0 Å². The number of carbonyl (C=O) groups is 1. The Balaban J connectivity index is 1.55. The molecule has 27 heavy (non-hydrogen) atoms. The average Bonchev–Trinajstić information content (AvgIpc) is 3.11. The summed E-state index contributed by atoms with van der Waals surface area (Å²) in [7, 11) is 0.